The second-order valence-electron chi connectivity index (χ2n) is 5.51. The topological polar surface area (TPSA) is 31.4 Å². The van der Waals surface area contributed by atoms with Crippen molar-refractivity contribution in [2.24, 2.45) is 0 Å². The Morgan fingerprint density at radius 3 is 2.78 bits per heavy atom. The molecule has 1 aromatic rings. The van der Waals surface area contributed by atoms with Crippen LogP contribution in [0.5, 0.6) is 0 Å². The first-order valence-corrected chi connectivity index (χ1v) is 6.73. The van der Waals surface area contributed by atoms with Crippen LogP contribution in [0.2, 0.25) is 0 Å². The highest BCUT2D eigenvalue weighted by Gasteiger charge is 2.30. The molecule has 1 aliphatic heterocycles. The maximum atomic E-state index is 6.16. The summed E-state index contributed by atoms with van der Waals surface area (Å²) in [5, 5.41) is 0. The summed E-state index contributed by atoms with van der Waals surface area (Å²) in [6, 6.07) is 2.04. The average molecular weight is 245 g/mol. The number of pyridine rings is 1. The Kier molecular flexibility index (Phi) is 4.13. The van der Waals surface area contributed by atoms with Crippen molar-refractivity contribution in [2.75, 3.05) is 6.61 Å². The standard InChI is InChI=1S/C13H21B2NO2/c1-13(2,18-10-5-3-4-8-17-10)11-9(14)6-7-16-12(11)15/h6-7,10H,3-5,8,14-15H2,1-2H3. The van der Waals surface area contributed by atoms with Gasteiger partial charge in [-0.3, -0.25) is 4.98 Å². The van der Waals surface area contributed by atoms with Gasteiger partial charge in [0.25, 0.3) is 0 Å². The van der Waals surface area contributed by atoms with Crippen molar-refractivity contribution in [3.63, 3.8) is 0 Å². The molecule has 0 bridgehead atoms. The van der Waals surface area contributed by atoms with Gasteiger partial charge in [0.1, 0.15) is 7.85 Å². The van der Waals surface area contributed by atoms with Crippen LogP contribution >= 0.6 is 0 Å². The predicted octanol–water partition coefficient (Wildman–Crippen LogP) is -0.623. The Hall–Kier alpha value is -0.800. The molecule has 1 aliphatic rings. The van der Waals surface area contributed by atoms with Crippen molar-refractivity contribution in [1.29, 1.82) is 0 Å². The third kappa shape index (κ3) is 2.96. The third-order valence-corrected chi connectivity index (χ3v) is 3.51. The van der Waals surface area contributed by atoms with Crippen LogP contribution in [0.4, 0.5) is 0 Å². The van der Waals surface area contributed by atoms with Gasteiger partial charge in [-0.05, 0) is 44.7 Å². The van der Waals surface area contributed by atoms with E-state index in [0.717, 1.165) is 25.0 Å². The summed E-state index contributed by atoms with van der Waals surface area (Å²) in [5.74, 6) is 0. The molecule has 0 N–H and O–H groups in total. The molecule has 0 aromatic carbocycles. The fourth-order valence-corrected chi connectivity index (χ4v) is 2.80. The van der Waals surface area contributed by atoms with E-state index >= 15 is 0 Å². The minimum atomic E-state index is -0.357. The molecule has 1 aromatic heterocycles. The molecule has 5 heteroatoms. The van der Waals surface area contributed by atoms with Crippen LogP contribution in [0.3, 0.4) is 0 Å². The molecule has 0 spiro atoms. The van der Waals surface area contributed by atoms with Gasteiger partial charge in [0.05, 0.1) is 5.60 Å². The molecule has 1 saturated heterocycles. The lowest BCUT2D eigenvalue weighted by molar-refractivity contribution is -0.218. The zero-order valence-corrected chi connectivity index (χ0v) is 11.8. The van der Waals surface area contributed by atoms with Gasteiger partial charge in [0, 0.05) is 18.4 Å². The van der Waals surface area contributed by atoms with Crippen molar-refractivity contribution in [3.8, 4) is 0 Å². The molecule has 18 heavy (non-hydrogen) atoms. The molecule has 0 radical (unpaired) electrons. The summed E-state index contributed by atoms with van der Waals surface area (Å²) in [6.45, 7) is 5.01. The van der Waals surface area contributed by atoms with E-state index in [9.17, 15) is 0 Å². The molecule has 2 rings (SSSR count). The lowest BCUT2D eigenvalue weighted by Gasteiger charge is -2.34. The van der Waals surface area contributed by atoms with Gasteiger partial charge in [0.2, 0.25) is 0 Å². The fraction of sp³-hybridized carbons (Fsp3) is 0.615. The van der Waals surface area contributed by atoms with E-state index in [0.29, 0.717) is 0 Å². The molecular formula is C13H21B2NO2. The van der Waals surface area contributed by atoms with E-state index in [2.05, 4.69) is 26.7 Å². The SMILES string of the molecule is Bc1ccnc(B)c1C(C)(C)OC1CCCCO1. The summed E-state index contributed by atoms with van der Waals surface area (Å²) >= 11 is 0. The van der Waals surface area contributed by atoms with E-state index in [1.165, 1.54) is 17.4 Å². The van der Waals surface area contributed by atoms with Gasteiger partial charge in [-0.25, -0.2) is 0 Å². The van der Waals surface area contributed by atoms with E-state index < -0.39 is 0 Å². The maximum absolute atomic E-state index is 6.16. The highest BCUT2D eigenvalue weighted by atomic mass is 16.7. The number of hydrogen-bond acceptors (Lipinski definition) is 3. The molecule has 3 nitrogen and oxygen atoms in total. The number of rotatable bonds is 3. The van der Waals surface area contributed by atoms with Crippen molar-refractivity contribution >= 4 is 26.7 Å². The van der Waals surface area contributed by atoms with Gasteiger partial charge >= 0.3 is 0 Å². The summed E-state index contributed by atoms with van der Waals surface area (Å²) < 4.78 is 11.8. The molecule has 2 heterocycles. The zero-order valence-electron chi connectivity index (χ0n) is 11.8. The summed E-state index contributed by atoms with van der Waals surface area (Å²) in [5.41, 5.74) is 3.09. The van der Waals surface area contributed by atoms with Crippen LogP contribution in [0, 0.1) is 0 Å². The van der Waals surface area contributed by atoms with Crippen molar-refractivity contribution < 1.29 is 9.47 Å². The Balaban J connectivity index is 2.18. The highest BCUT2D eigenvalue weighted by Crippen LogP contribution is 2.26. The number of hydrogen-bond donors (Lipinski definition) is 0. The monoisotopic (exact) mass is 245 g/mol. The van der Waals surface area contributed by atoms with Crippen LogP contribution in [0.25, 0.3) is 0 Å². The first kappa shape index (κ1) is 13.6. The lowest BCUT2D eigenvalue weighted by Crippen LogP contribution is -2.41. The van der Waals surface area contributed by atoms with Gasteiger partial charge in [-0.2, -0.15) is 0 Å². The Morgan fingerprint density at radius 2 is 2.17 bits per heavy atom. The number of nitrogens with zero attached hydrogens (tertiary/aromatic N) is 1. The molecule has 0 aliphatic carbocycles. The molecule has 0 saturated carbocycles. The molecule has 1 atom stereocenters. The van der Waals surface area contributed by atoms with Crippen molar-refractivity contribution in [2.45, 2.75) is 45.0 Å². The number of ether oxygens (including phenoxy) is 2. The van der Waals surface area contributed by atoms with E-state index in [4.69, 9.17) is 9.47 Å². The predicted molar refractivity (Wildman–Crippen MR) is 78.3 cm³/mol. The van der Waals surface area contributed by atoms with Crippen LogP contribution < -0.4 is 11.1 Å². The third-order valence-electron chi connectivity index (χ3n) is 3.51. The quantitative estimate of drug-likeness (QED) is 0.665. The summed E-state index contributed by atoms with van der Waals surface area (Å²) in [6.07, 6.45) is 5.09. The molecule has 1 unspecified atom stereocenters. The van der Waals surface area contributed by atoms with E-state index in [1.807, 2.05) is 20.1 Å². The molecule has 96 valence electrons. The average Bonchev–Trinajstić information content (AvgIpc) is 2.28. The first-order chi connectivity index (χ1) is 8.50. The largest absolute Gasteiger partial charge is 0.353 e. The molecular weight excluding hydrogens is 224 g/mol. The summed E-state index contributed by atoms with van der Waals surface area (Å²) in [4.78, 5) is 4.38. The zero-order chi connectivity index (χ0) is 13.2. The Labute approximate surface area is 111 Å². The summed E-state index contributed by atoms with van der Waals surface area (Å²) in [7, 11) is 4.14. The highest BCUT2D eigenvalue weighted by molar-refractivity contribution is 6.38. The van der Waals surface area contributed by atoms with Crippen molar-refractivity contribution in [1.82, 2.24) is 4.98 Å². The van der Waals surface area contributed by atoms with Gasteiger partial charge in [0.15, 0.2) is 14.1 Å². The van der Waals surface area contributed by atoms with Crippen LogP contribution in [-0.4, -0.2) is 33.6 Å². The second kappa shape index (κ2) is 5.45. The second-order valence-corrected chi connectivity index (χ2v) is 5.51. The number of aromatic nitrogens is 1. The first-order valence-electron chi connectivity index (χ1n) is 6.73. The van der Waals surface area contributed by atoms with Crippen LogP contribution in [0.1, 0.15) is 38.7 Å². The van der Waals surface area contributed by atoms with Gasteiger partial charge in [-0.15, -0.1) is 0 Å². The van der Waals surface area contributed by atoms with Gasteiger partial charge < -0.3 is 9.47 Å². The minimum absolute atomic E-state index is 0.0762. The Morgan fingerprint density at radius 1 is 1.39 bits per heavy atom. The van der Waals surface area contributed by atoms with Gasteiger partial charge in [-0.1, -0.05) is 5.46 Å². The molecule has 0 amide bonds. The smallest absolute Gasteiger partial charge is 0.164 e. The maximum Gasteiger partial charge on any atom is 0.164 e. The van der Waals surface area contributed by atoms with E-state index in [-0.39, 0.29) is 11.9 Å². The normalized spacial score (nSPS) is 20.9. The van der Waals surface area contributed by atoms with E-state index in [1.54, 1.807) is 0 Å². The van der Waals surface area contributed by atoms with Crippen LogP contribution in [-0.2, 0) is 15.1 Å². The van der Waals surface area contributed by atoms with Crippen molar-refractivity contribution in [3.05, 3.63) is 17.8 Å². The fourth-order valence-electron chi connectivity index (χ4n) is 2.80. The molecule has 1 fully saturated rings. The van der Waals surface area contributed by atoms with Crippen LogP contribution in [0.15, 0.2) is 12.3 Å². The minimum Gasteiger partial charge on any atom is -0.353 e. The Bertz CT molecular complexity index is 397. The lowest BCUT2D eigenvalue weighted by atomic mass is 9.78.